The standard InChI is InChI=1S/C58H43BN2O2S2/c1-35-25-49-57-50(26-35)61(46-24-22-41(58(2,3)4)31-43(46)36-13-6-5-7-14-36)48-33-52-51(62-34-63-52)32-45(48)59(57)44-23-21-40(56-30-39-16-9-11-20-54(39)65-56)28-47(44)60(49)42-18-12-17-37(27-42)55-29-38-15-8-10-19-53(38)64-55/h5-33H,34H2,1-4H3. The largest absolute Gasteiger partial charge is 0.454 e. The van der Waals surface area contributed by atoms with Crippen LogP contribution in [0.25, 0.3) is 52.2 Å². The van der Waals surface area contributed by atoms with Crippen LogP contribution in [0.1, 0.15) is 31.9 Å². The highest BCUT2D eigenvalue weighted by molar-refractivity contribution is 7.22. The average molecular weight is 875 g/mol. The Morgan fingerprint density at radius 2 is 1.12 bits per heavy atom. The molecule has 0 saturated carbocycles. The predicted molar refractivity (Wildman–Crippen MR) is 277 cm³/mol. The third-order valence-corrected chi connectivity index (χ3v) is 15.8. The molecule has 13 rings (SSSR count). The molecule has 0 fully saturated rings. The molecule has 0 amide bonds. The Morgan fingerprint density at radius 3 is 1.83 bits per heavy atom. The Kier molecular flexibility index (Phi) is 8.56. The maximum absolute atomic E-state index is 6.21. The Bertz CT molecular complexity index is 3500. The van der Waals surface area contributed by atoms with Crippen LogP contribution in [0.3, 0.4) is 0 Å². The van der Waals surface area contributed by atoms with Crippen LogP contribution >= 0.6 is 22.7 Å². The van der Waals surface area contributed by atoms with Gasteiger partial charge < -0.3 is 19.3 Å². The molecule has 65 heavy (non-hydrogen) atoms. The number of aryl methyl sites for hydroxylation is 1. The van der Waals surface area contributed by atoms with Crippen molar-refractivity contribution in [3.8, 4) is 43.5 Å². The summed E-state index contributed by atoms with van der Waals surface area (Å²) in [6.07, 6.45) is 0. The van der Waals surface area contributed by atoms with Crippen LogP contribution in [0.4, 0.5) is 34.1 Å². The van der Waals surface area contributed by atoms with E-state index >= 15 is 0 Å². The first-order chi connectivity index (χ1) is 31.7. The molecule has 10 aromatic rings. The molecule has 4 nitrogen and oxygen atoms in total. The molecule has 7 heteroatoms. The van der Waals surface area contributed by atoms with E-state index in [1.165, 1.54) is 96.8 Å². The highest BCUT2D eigenvalue weighted by Crippen LogP contribution is 2.51. The van der Waals surface area contributed by atoms with Gasteiger partial charge in [-0.2, -0.15) is 0 Å². The van der Waals surface area contributed by atoms with Gasteiger partial charge in [0.05, 0.1) is 5.69 Å². The van der Waals surface area contributed by atoms with E-state index in [4.69, 9.17) is 9.47 Å². The lowest BCUT2D eigenvalue weighted by atomic mass is 9.33. The summed E-state index contributed by atoms with van der Waals surface area (Å²) in [5, 5.41) is 2.54. The van der Waals surface area contributed by atoms with E-state index < -0.39 is 0 Å². The summed E-state index contributed by atoms with van der Waals surface area (Å²) in [5.74, 6) is 1.56. The summed E-state index contributed by atoms with van der Waals surface area (Å²) in [5.41, 5.74) is 17.8. The second kappa shape index (κ2) is 14.5. The molecule has 0 aliphatic carbocycles. The van der Waals surface area contributed by atoms with Gasteiger partial charge in [-0.3, -0.25) is 0 Å². The van der Waals surface area contributed by atoms with Crippen molar-refractivity contribution < 1.29 is 9.47 Å². The van der Waals surface area contributed by atoms with Crippen molar-refractivity contribution in [2.24, 2.45) is 0 Å². The smallest absolute Gasteiger partial charge is 0.252 e. The molecule has 3 aliphatic rings. The fourth-order valence-corrected chi connectivity index (χ4v) is 12.4. The van der Waals surface area contributed by atoms with Gasteiger partial charge in [-0.05, 0) is 140 Å². The van der Waals surface area contributed by atoms with E-state index in [1.54, 1.807) is 0 Å². The Balaban J connectivity index is 1.09. The molecule has 2 aromatic heterocycles. The molecule has 0 N–H and O–H groups in total. The van der Waals surface area contributed by atoms with E-state index in [2.05, 4.69) is 213 Å². The zero-order valence-corrected chi connectivity index (χ0v) is 38.2. The van der Waals surface area contributed by atoms with Crippen molar-refractivity contribution in [1.82, 2.24) is 0 Å². The summed E-state index contributed by atoms with van der Waals surface area (Å²) in [4.78, 5) is 7.57. The average Bonchev–Trinajstić information content (AvgIpc) is 4.09. The van der Waals surface area contributed by atoms with Gasteiger partial charge in [0.2, 0.25) is 6.79 Å². The Hall–Kier alpha value is -7.06. The molecule has 5 heterocycles. The monoisotopic (exact) mass is 874 g/mol. The molecule has 0 atom stereocenters. The van der Waals surface area contributed by atoms with Crippen LogP contribution in [0.5, 0.6) is 11.5 Å². The molecule has 8 aromatic carbocycles. The van der Waals surface area contributed by atoms with Crippen LogP contribution < -0.4 is 35.7 Å². The van der Waals surface area contributed by atoms with E-state index in [0.717, 1.165) is 28.6 Å². The fraction of sp³-hybridized carbons (Fsp3) is 0.103. The molecule has 3 aliphatic heterocycles. The second-order valence-electron chi connectivity index (χ2n) is 18.6. The minimum absolute atomic E-state index is 0.0370. The molecular weight excluding hydrogens is 832 g/mol. The van der Waals surface area contributed by atoms with E-state index in [0.29, 0.717) is 0 Å². The summed E-state index contributed by atoms with van der Waals surface area (Å²) >= 11 is 3.71. The highest BCUT2D eigenvalue weighted by Gasteiger charge is 2.45. The number of thiophene rings is 2. The third-order valence-electron chi connectivity index (χ3n) is 13.4. The predicted octanol–water partition coefficient (Wildman–Crippen LogP) is 14.5. The van der Waals surface area contributed by atoms with Gasteiger partial charge in [-0.1, -0.05) is 118 Å². The Morgan fingerprint density at radius 1 is 0.492 bits per heavy atom. The zero-order chi connectivity index (χ0) is 43.6. The summed E-state index contributed by atoms with van der Waals surface area (Å²) in [6.45, 7) is 9.25. The number of hydrogen-bond donors (Lipinski definition) is 0. The first-order valence-corrected chi connectivity index (χ1v) is 24.0. The van der Waals surface area contributed by atoms with Crippen molar-refractivity contribution >= 4 is 100 Å². The van der Waals surface area contributed by atoms with Crippen LogP contribution in [-0.2, 0) is 5.41 Å². The first kappa shape index (κ1) is 38.4. The van der Waals surface area contributed by atoms with Gasteiger partial charge in [-0.25, -0.2) is 0 Å². The normalized spacial score (nSPS) is 13.6. The molecule has 312 valence electrons. The lowest BCUT2D eigenvalue weighted by molar-refractivity contribution is 0.174. The first-order valence-electron chi connectivity index (χ1n) is 22.3. The van der Waals surface area contributed by atoms with Crippen LogP contribution in [-0.4, -0.2) is 13.5 Å². The van der Waals surface area contributed by atoms with Crippen molar-refractivity contribution in [2.45, 2.75) is 33.1 Å². The third kappa shape index (κ3) is 6.17. The van der Waals surface area contributed by atoms with Crippen molar-refractivity contribution in [1.29, 1.82) is 0 Å². The summed E-state index contributed by atoms with van der Waals surface area (Å²) in [7, 11) is 0. The van der Waals surface area contributed by atoms with Gasteiger partial charge in [0.1, 0.15) is 0 Å². The van der Waals surface area contributed by atoms with Crippen molar-refractivity contribution in [3.63, 3.8) is 0 Å². The van der Waals surface area contributed by atoms with Gasteiger partial charge in [-0.15, -0.1) is 22.7 Å². The second-order valence-corrected chi connectivity index (χ2v) is 20.7. The quantitative estimate of drug-likeness (QED) is 0.161. The van der Waals surface area contributed by atoms with Gasteiger partial charge >= 0.3 is 0 Å². The highest BCUT2D eigenvalue weighted by atomic mass is 32.1. The summed E-state index contributed by atoms with van der Waals surface area (Å²) < 4.78 is 15.0. The molecular formula is C58H43BN2O2S2. The minimum Gasteiger partial charge on any atom is -0.454 e. The minimum atomic E-state index is -0.0798. The molecule has 0 spiro atoms. The van der Waals surface area contributed by atoms with Crippen LogP contribution in [0.15, 0.2) is 176 Å². The van der Waals surface area contributed by atoms with E-state index in [9.17, 15) is 0 Å². The SMILES string of the molecule is Cc1cc2c3c(c1)N(c1ccc(C(C)(C)C)cc1-c1ccccc1)c1cc4c(cc1B3c1ccc(-c3cc5ccccc5s3)cc1N2c1cccc(-c2cc3ccccc3s2)c1)OCO4. The number of nitrogens with zero attached hydrogens (tertiary/aromatic N) is 2. The van der Waals surface area contributed by atoms with E-state index in [1.807, 2.05) is 22.7 Å². The fourth-order valence-electron chi connectivity index (χ4n) is 10.3. The summed E-state index contributed by atoms with van der Waals surface area (Å²) in [6, 6.07) is 65.6. The molecule has 0 radical (unpaired) electrons. The molecule has 0 saturated heterocycles. The Labute approximate surface area is 387 Å². The molecule has 0 bridgehead atoms. The zero-order valence-electron chi connectivity index (χ0n) is 36.6. The maximum atomic E-state index is 6.21. The number of ether oxygens (including phenoxy) is 2. The van der Waals surface area contributed by atoms with Crippen molar-refractivity contribution in [3.05, 3.63) is 187 Å². The van der Waals surface area contributed by atoms with Gasteiger partial charge in [0, 0.05) is 59.2 Å². The number of fused-ring (bicyclic) bond motifs is 7. The number of hydrogen-bond acceptors (Lipinski definition) is 6. The maximum Gasteiger partial charge on any atom is 0.252 e. The van der Waals surface area contributed by atoms with E-state index in [-0.39, 0.29) is 18.9 Å². The lowest BCUT2D eigenvalue weighted by Crippen LogP contribution is -2.61. The van der Waals surface area contributed by atoms with Crippen LogP contribution in [0, 0.1) is 6.92 Å². The van der Waals surface area contributed by atoms with Crippen molar-refractivity contribution in [2.75, 3.05) is 16.6 Å². The number of benzene rings is 8. The number of anilines is 6. The van der Waals surface area contributed by atoms with Gasteiger partial charge in [0.15, 0.2) is 11.5 Å². The topological polar surface area (TPSA) is 24.9 Å². The molecule has 0 unspecified atom stereocenters. The lowest BCUT2D eigenvalue weighted by Gasteiger charge is -2.45. The van der Waals surface area contributed by atoms with Crippen LogP contribution in [0.2, 0.25) is 0 Å². The van der Waals surface area contributed by atoms with Gasteiger partial charge in [0.25, 0.3) is 6.71 Å². The number of rotatable bonds is 5.